The molecule has 1 aromatic heterocycles. The number of hydrogen-bond donors (Lipinski definition) is 1. The lowest BCUT2D eigenvalue weighted by Crippen LogP contribution is -2.33. The highest BCUT2D eigenvalue weighted by molar-refractivity contribution is 14.1. The summed E-state index contributed by atoms with van der Waals surface area (Å²) in [7, 11) is 0. The van der Waals surface area contributed by atoms with E-state index in [2.05, 4.69) is 64.2 Å². The van der Waals surface area contributed by atoms with Crippen LogP contribution in [0.25, 0.3) is 0 Å². The van der Waals surface area contributed by atoms with Crippen LogP contribution in [0.15, 0.2) is 30.5 Å². The third-order valence-electron chi connectivity index (χ3n) is 3.39. The van der Waals surface area contributed by atoms with Crippen molar-refractivity contribution < 1.29 is 4.79 Å². The number of benzene rings is 1. The largest absolute Gasteiger partial charge is 0.350 e. The maximum atomic E-state index is 12.5. The van der Waals surface area contributed by atoms with E-state index in [9.17, 15) is 4.79 Å². The van der Waals surface area contributed by atoms with Crippen LogP contribution in [-0.4, -0.2) is 22.2 Å². The minimum atomic E-state index is -0.215. The first kappa shape index (κ1) is 17.0. The molecule has 1 N–H and O–H groups in total. The van der Waals surface area contributed by atoms with Gasteiger partial charge in [0.25, 0.3) is 5.91 Å². The van der Waals surface area contributed by atoms with Gasteiger partial charge in [0.2, 0.25) is 0 Å². The van der Waals surface area contributed by atoms with E-state index in [1.807, 2.05) is 20.8 Å². The highest BCUT2D eigenvalue weighted by Gasteiger charge is 2.24. The summed E-state index contributed by atoms with van der Waals surface area (Å²) in [5.74, 6) is -0.0658. The van der Waals surface area contributed by atoms with E-state index in [0.29, 0.717) is 12.2 Å². The average molecular weight is 411 g/mol. The number of nitrogens with one attached hydrogen (secondary N) is 1. The number of aryl methyl sites for hydroxylation is 1. The number of nitrogens with zero attached hydrogens (tertiary/aromatic N) is 2. The van der Waals surface area contributed by atoms with E-state index in [4.69, 9.17) is 0 Å². The highest BCUT2D eigenvalue weighted by Crippen LogP contribution is 2.20. The third-order valence-corrected chi connectivity index (χ3v) is 4.18. The molecule has 1 amide bonds. The summed E-state index contributed by atoms with van der Waals surface area (Å²) in [6.45, 7) is 8.81. The molecular weight excluding hydrogens is 389 g/mol. The van der Waals surface area contributed by atoms with Gasteiger partial charge in [-0.25, -0.2) is 0 Å². The van der Waals surface area contributed by atoms with Gasteiger partial charge in [-0.1, -0.05) is 29.8 Å². The van der Waals surface area contributed by atoms with Crippen molar-refractivity contribution in [2.75, 3.05) is 6.54 Å². The molecule has 2 rings (SSSR count). The molecule has 0 radical (unpaired) electrons. The van der Waals surface area contributed by atoms with Crippen LogP contribution >= 0.6 is 22.6 Å². The van der Waals surface area contributed by atoms with Gasteiger partial charge >= 0.3 is 0 Å². The predicted molar refractivity (Wildman–Crippen MR) is 97.2 cm³/mol. The molecule has 0 aliphatic carbocycles. The minimum absolute atomic E-state index is 0.0658. The molecule has 0 unspecified atom stereocenters. The quantitative estimate of drug-likeness (QED) is 0.783. The van der Waals surface area contributed by atoms with Gasteiger partial charge < -0.3 is 5.32 Å². The molecular formula is C17H22IN3O. The number of carbonyl (C=O) groups excluding carboxylic acids is 1. The summed E-state index contributed by atoms with van der Waals surface area (Å²) in [5, 5.41) is 7.33. The first-order chi connectivity index (χ1) is 10.3. The number of amides is 1. The molecule has 0 aliphatic heterocycles. The van der Waals surface area contributed by atoms with Gasteiger partial charge in [0.15, 0.2) is 0 Å². The average Bonchev–Trinajstić information content (AvgIpc) is 2.83. The fourth-order valence-corrected chi connectivity index (χ4v) is 2.80. The van der Waals surface area contributed by atoms with Crippen LogP contribution in [0, 0.1) is 10.5 Å². The molecule has 0 spiro atoms. The Morgan fingerprint density at radius 3 is 2.50 bits per heavy atom. The summed E-state index contributed by atoms with van der Waals surface area (Å²) >= 11 is 2.16. The Labute approximate surface area is 145 Å². The van der Waals surface area contributed by atoms with Gasteiger partial charge in [0.1, 0.15) is 5.69 Å². The van der Waals surface area contributed by atoms with Crippen molar-refractivity contribution in [1.82, 2.24) is 15.1 Å². The van der Waals surface area contributed by atoms with Crippen LogP contribution in [-0.2, 0) is 12.0 Å². The molecule has 0 atom stereocenters. The molecule has 0 bridgehead atoms. The van der Waals surface area contributed by atoms with E-state index in [0.717, 1.165) is 9.99 Å². The maximum absolute atomic E-state index is 12.5. The van der Waals surface area contributed by atoms with Gasteiger partial charge in [0, 0.05) is 6.54 Å². The molecule has 1 heterocycles. The summed E-state index contributed by atoms with van der Waals surface area (Å²) in [4.78, 5) is 12.5. The van der Waals surface area contributed by atoms with E-state index < -0.39 is 0 Å². The summed E-state index contributed by atoms with van der Waals surface area (Å²) in [6, 6.07) is 8.39. The number of aromatic nitrogens is 2. The molecule has 22 heavy (non-hydrogen) atoms. The lowest BCUT2D eigenvalue weighted by molar-refractivity contribution is 0.0934. The normalized spacial score (nSPS) is 11.5. The molecule has 5 heteroatoms. The number of carbonyl (C=O) groups is 1. The van der Waals surface area contributed by atoms with Crippen LogP contribution in [0.3, 0.4) is 0 Å². The van der Waals surface area contributed by atoms with E-state index in [1.165, 1.54) is 11.1 Å². The maximum Gasteiger partial charge on any atom is 0.270 e. The Balaban J connectivity index is 2.01. The molecule has 4 nitrogen and oxygen atoms in total. The summed E-state index contributed by atoms with van der Waals surface area (Å²) in [6.07, 6.45) is 2.56. The Morgan fingerprint density at radius 1 is 1.27 bits per heavy atom. The fourth-order valence-electron chi connectivity index (χ4n) is 2.20. The molecule has 118 valence electrons. The molecule has 1 aromatic carbocycles. The first-order valence-electron chi connectivity index (χ1n) is 7.37. The molecule has 0 fully saturated rings. The highest BCUT2D eigenvalue weighted by atomic mass is 127. The Morgan fingerprint density at radius 2 is 1.91 bits per heavy atom. The van der Waals surface area contributed by atoms with Crippen LogP contribution in [0.5, 0.6) is 0 Å². The van der Waals surface area contributed by atoms with Gasteiger partial charge in [-0.3, -0.25) is 9.48 Å². The van der Waals surface area contributed by atoms with Crippen molar-refractivity contribution in [3.8, 4) is 0 Å². The van der Waals surface area contributed by atoms with Crippen molar-refractivity contribution >= 4 is 28.5 Å². The topological polar surface area (TPSA) is 46.9 Å². The van der Waals surface area contributed by atoms with Crippen molar-refractivity contribution in [1.29, 1.82) is 0 Å². The standard InChI is InChI=1S/C17H22IN3O/c1-12-5-7-13(8-6-12)9-10-19-16(22)15-14(18)11-20-21(15)17(2,3)4/h5-8,11H,9-10H2,1-4H3,(H,19,22). The van der Waals surface area contributed by atoms with Gasteiger partial charge in [0.05, 0.1) is 15.3 Å². The van der Waals surface area contributed by atoms with Crippen molar-refractivity contribution in [2.24, 2.45) is 0 Å². The zero-order chi connectivity index (χ0) is 16.3. The van der Waals surface area contributed by atoms with Crippen LogP contribution in [0.1, 0.15) is 42.4 Å². The second kappa shape index (κ2) is 6.81. The summed E-state index contributed by atoms with van der Waals surface area (Å²) < 4.78 is 2.66. The van der Waals surface area contributed by atoms with Gasteiger partial charge in [-0.05, 0) is 62.3 Å². The molecule has 0 saturated carbocycles. The van der Waals surface area contributed by atoms with Crippen molar-refractivity contribution in [2.45, 2.75) is 39.7 Å². The van der Waals surface area contributed by atoms with E-state index in [1.54, 1.807) is 10.9 Å². The lowest BCUT2D eigenvalue weighted by Gasteiger charge is -2.22. The third kappa shape index (κ3) is 4.09. The molecule has 0 saturated heterocycles. The number of halogens is 1. The Kier molecular flexibility index (Phi) is 5.26. The van der Waals surface area contributed by atoms with Crippen molar-refractivity contribution in [3.63, 3.8) is 0 Å². The van der Waals surface area contributed by atoms with Crippen molar-refractivity contribution in [3.05, 3.63) is 50.9 Å². The number of rotatable bonds is 4. The van der Waals surface area contributed by atoms with Crippen LogP contribution in [0.2, 0.25) is 0 Å². The Hall–Kier alpha value is -1.37. The number of hydrogen-bond acceptors (Lipinski definition) is 2. The van der Waals surface area contributed by atoms with Gasteiger partial charge in [-0.15, -0.1) is 0 Å². The Bertz CT molecular complexity index is 654. The predicted octanol–water partition coefficient (Wildman–Crippen LogP) is 3.52. The minimum Gasteiger partial charge on any atom is -0.350 e. The zero-order valence-corrected chi connectivity index (χ0v) is 15.6. The van der Waals surface area contributed by atoms with Gasteiger partial charge in [-0.2, -0.15) is 5.10 Å². The van der Waals surface area contributed by atoms with Crippen LogP contribution < -0.4 is 5.32 Å². The fraction of sp³-hybridized carbons (Fsp3) is 0.412. The summed E-state index contributed by atoms with van der Waals surface area (Å²) in [5.41, 5.74) is 2.89. The molecule has 0 aliphatic rings. The van der Waals surface area contributed by atoms with E-state index in [-0.39, 0.29) is 11.4 Å². The second-order valence-electron chi connectivity index (χ2n) is 6.42. The lowest BCUT2D eigenvalue weighted by atomic mass is 10.1. The SMILES string of the molecule is Cc1ccc(CCNC(=O)c2c(I)cnn2C(C)(C)C)cc1. The smallest absolute Gasteiger partial charge is 0.270 e. The monoisotopic (exact) mass is 411 g/mol. The first-order valence-corrected chi connectivity index (χ1v) is 8.44. The zero-order valence-electron chi connectivity index (χ0n) is 13.5. The second-order valence-corrected chi connectivity index (χ2v) is 7.58. The molecule has 2 aromatic rings. The van der Waals surface area contributed by atoms with E-state index >= 15 is 0 Å². The van der Waals surface area contributed by atoms with Crippen LogP contribution in [0.4, 0.5) is 0 Å².